The van der Waals surface area contributed by atoms with E-state index in [0.717, 1.165) is 17.7 Å². The molecule has 0 N–H and O–H groups in total. The molecular weight excluding hydrogens is 239 g/mol. The van der Waals surface area contributed by atoms with Gasteiger partial charge in [-0.25, -0.2) is 4.39 Å². The Kier molecular flexibility index (Phi) is 3.49. The van der Waals surface area contributed by atoms with Gasteiger partial charge in [0.15, 0.2) is 0 Å². The molecule has 2 heteroatoms. The summed E-state index contributed by atoms with van der Waals surface area (Å²) >= 11 is 0. The Morgan fingerprint density at radius 3 is 2.63 bits per heavy atom. The smallest absolute Gasteiger partial charge is 0.123 e. The van der Waals surface area contributed by atoms with Gasteiger partial charge in [0.1, 0.15) is 18.2 Å². The van der Waals surface area contributed by atoms with Crippen molar-refractivity contribution in [3.05, 3.63) is 65.0 Å². The first kappa shape index (κ1) is 12.2. The summed E-state index contributed by atoms with van der Waals surface area (Å²) in [5.74, 6) is 0.663. The van der Waals surface area contributed by atoms with Gasteiger partial charge in [-0.2, -0.15) is 0 Å². The number of ether oxygens (including phenoxy) is 1. The first-order chi connectivity index (χ1) is 9.31. The molecule has 19 heavy (non-hydrogen) atoms. The van der Waals surface area contributed by atoms with Crippen LogP contribution in [0, 0.1) is 5.82 Å². The highest BCUT2D eigenvalue weighted by Gasteiger charge is 2.09. The third-order valence-electron chi connectivity index (χ3n) is 3.61. The number of fused-ring (bicyclic) bond motifs is 1. The summed E-state index contributed by atoms with van der Waals surface area (Å²) in [6.45, 7) is 0.413. The normalized spacial score (nSPS) is 13.9. The highest BCUT2D eigenvalue weighted by Crippen LogP contribution is 2.25. The minimum Gasteiger partial charge on any atom is -0.489 e. The summed E-state index contributed by atoms with van der Waals surface area (Å²) < 4.78 is 18.8. The van der Waals surface area contributed by atoms with Crippen molar-refractivity contribution in [1.82, 2.24) is 0 Å². The summed E-state index contributed by atoms with van der Waals surface area (Å²) in [6, 6.07) is 12.9. The molecule has 0 saturated carbocycles. The van der Waals surface area contributed by atoms with Crippen LogP contribution >= 0.6 is 0 Å². The monoisotopic (exact) mass is 256 g/mol. The molecule has 3 rings (SSSR count). The first-order valence-electron chi connectivity index (χ1n) is 6.80. The van der Waals surface area contributed by atoms with Crippen molar-refractivity contribution in [2.45, 2.75) is 32.3 Å². The third-order valence-corrected chi connectivity index (χ3v) is 3.61. The van der Waals surface area contributed by atoms with Crippen LogP contribution in [-0.2, 0) is 19.4 Å². The maximum absolute atomic E-state index is 13.1. The Labute approximate surface area is 113 Å². The Morgan fingerprint density at radius 1 is 0.947 bits per heavy atom. The van der Waals surface area contributed by atoms with Crippen molar-refractivity contribution in [2.75, 3.05) is 0 Å². The van der Waals surface area contributed by atoms with Gasteiger partial charge in [-0.15, -0.1) is 0 Å². The standard InChI is InChI=1S/C17H17FO/c18-16-7-3-4-13(10-16)12-19-17-9-8-14-5-1-2-6-15(14)11-17/h3-4,7-11H,1-2,5-6,12H2. The van der Waals surface area contributed by atoms with Gasteiger partial charge >= 0.3 is 0 Å². The molecule has 1 aliphatic carbocycles. The van der Waals surface area contributed by atoms with Crippen molar-refractivity contribution in [2.24, 2.45) is 0 Å². The first-order valence-corrected chi connectivity index (χ1v) is 6.80. The minimum absolute atomic E-state index is 0.216. The van der Waals surface area contributed by atoms with Crippen LogP contribution in [-0.4, -0.2) is 0 Å². The maximum atomic E-state index is 13.1. The van der Waals surface area contributed by atoms with Gasteiger partial charge in [0, 0.05) is 0 Å². The highest BCUT2D eigenvalue weighted by molar-refractivity contribution is 5.37. The van der Waals surface area contributed by atoms with Crippen molar-refractivity contribution < 1.29 is 9.13 Å². The molecule has 2 aromatic carbocycles. The summed E-state index contributed by atoms with van der Waals surface area (Å²) in [6.07, 6.45) is 4.88. The molecule has 0 aliphatic heterocycles. The molecular formula is C17H17FO. The molecule has 98 valence electrons. The second kappa shape index (κ2) is 5.43. The second-order valence-corrected chi connectivity index (χ2v) is 5.06. The lowest BCUT2D eigenvalue weighted by Gasteiger charge is -2.16. The fourth-order valence-corrected chi connectivity index (χ4v) is 2.59. The van der Waals surface area contributed by atoms with Gasteiger partial charge in [-0.1, -0.05) is 18.2 Å². The molecule has 0 unspecified atom stereocenters. The number of rotatable bonds is 3. The molecule has 0 amide bonds. The van der Waals surface area contributed by atoms with Gasteiger partial charge in [-0.3, -0.25) is 0 Å². The van der Waals surface area contributed by atoms with Crippen LogP contribution in [0.3, 0.4) is 0 Å². The van der Waals surface area contributed by atoms with Crippen LogP contribution in [0.2, 0.25) is 0 Å². The molecule has 0 bridgehead atoms. The molecule has 0 radical (unpaired) electrons. The maximum Gasteiger partial charge on any atom is 0.123 e. The van der Waals surface area contributed by atoms with Gasteiger partial charge in [0.2, 0.25) is 0 Å². The van der Waals surface area contributed by atoms with E-state index in [1.54, 1.807) is 6.07 Å². The average Bonchev–Trinajstić information content (AvgIpc) is 2.45. The van der Waals surface area contributed by atoms with Crippen molar-refractivity contribution >= 4 is 0 Å². The van der Waals surface area contributed by atoms with E-state index in [4.69, 9.17) is 4.74 Å². The van der Waals surface area contributed by atoms with E-state index in [0.29, 0.717) is 6.61 Å². The molecule has 0 fully saturated rings. The summed E-state index contributed by atoms with van der Waals surface area (Å²) in [5.41, 5.74) is 3.71. The predicted octanol–water partition coefficient (Wildman–Crippen LogP) is 4.28. The summed E-state index contributed by atoms with van der Waals surface area (Å²) in [7, 11) is 0. The molecule has 0 heterocycles. The van der Waals surface area contributed by atoms with Gasteiger partial charge < -0.3 is 4.74 Å². The van der Waals surface area contributed by atoms with Crippen molar-refractivity contribution in [3.8, 4) is 5.75 Å². The second-order valence-electron chi connectivity index (χ2n) is 5.06. The lowest BCUT2D eigenvalue weighted by molar-refractivity contribution is 0.305. The van der Waals surface area contributed by atoms with E-state index in [-0.39, 0.29) is 5.82 Å². The van der Waals surface area contributed by atoms with Gasteiger partial charge in [0.25, 0.3) is 0 Å². The van der Waals surface area contributed by atoms with Crippen LogP contribution in [0.25, 0.3) is 0 Å². The van der Waals surface area contributed by atoms with Gasteiger partial charge in [-0.05, 0) is 66.6 Å². The molecule has 1 nitrogen and oxygen atoms in total. The van der Waals surface area contributed by atoms with Crippen LogP contribution < -0.4 is 4.74 Å². The topological polar surface area (TPSA) is 9.23 Å². The number of aryl methyl sites for hydroxylation is 2. The minimum atomic E-state index is -0.216. The van der Waals surface area contributed by atoms with E-state index in [2.05, 4.69) is 12.1 Å². The Balaban J connectivity index is 1.70. The average molecular weight is 256 g/mol. The van der Waals surface area contributed by atoms with E-state index >= 15 is 0 Å². The number of hydrogen-bond donors (Lipinski definition) is 0. The quantitative estimate of drug-likeness (QED) is 0.796. The number of hydrogen-bond acceptors (Lipinski definition) is 1. The SMILES string of the molecule is Fc1cccc(COc2ccc3c(c2)CCCC3)c1. The fourth-order valence-electron chi connectivity index (χ4n) is 2.59. The Morgan fingerprint density at radius 2 is 1.79 bits per heavy atom. The largest absolute Gasteiger partial charge is 0.489 e. The van der Waals surface area contributed by atoms with E-state index in [9.17, 15) is 4.39 Å². The van der Waals surface area contributed by atoms with E-state index < -0.39 is 0 Å². The van der Waals surface area contributed by atoms with Crippen LogP contribution in [0.5, 0.6) is 5.75 Å². The zero-order chi connectivity index (χ0) is 13.1. The Hall–Kier alpha value is -1.83. The van der Waals surface area contributed by atoms with Crippen LogP contribution in [0.15, 0.2) is 42.5 Å². The van der Waals surface area contributed by atoms with Crippen LogP contribution in [0.4, 0.5) is 4.39 Å². The van der Waals surface area contributed by atoms with Gasteiger partial charge in [0.05, 0.1) is 0 Å². The molecule has 0 atom stereocenters. The fraction of sp³-hybridized carbons (Fsp3) is 0.294. The molecule has 0 saturated heterocycles. The number of benzene rings is 2. The zero-order valence-corrected chi connectivity index (χ0v) is 10.9. The lowest BCUT2D eigenvalue weighted by atomic mass is 9.92. The third kappa shape index (κ3) is 2.95. The van der Waals surface area contributed by atoms with Crippen molar-refractivity contribution in [3.63, 3.8) is 0 Å². The molecule has 1 aliphatic rings. The predicted molar refractivity (Wildman–Crippen MR) is 73.8 cm³/mol. The molecule has 2 aromatic rings. The lowest BCUT2D eigenvalue weighted by Crippen LogP contribution is -2.03. The molecule has 0 spiro atoms. The van der Waals surface area contributed by atoms with Crippen molar-refractivity contribution in [1.29, 1.82) is 0 Å². The van der Waals surface area contributed by atoms with E-state index in [1.807, 2.05) is 12.1 Å². The molecule has 0 aromatic heterocycles. The summed E-state index contributed by atoms with van der Waals surface area (Å²) in [5, 5.41) is 0. The summed E-state index contributed by atoms with van der Waals surface area (Å²) in [4.78, 5) is 0. The highest BCUT2D eigenvalue weighted by atomic mass is 19.1. The van der Waals surface area contributed by atoms with Crippen LogP contribution in [0.1, 0.15) is 29.5 Å². The Bertz CT molecular complexity index is 577. The zero-order valence-electron chi connectivity index (χ0n) is 10.9. The number of halogens is 1. The van der Waals surface area contributed by atoms with E-state index in [1.165, 1.54) is 42.5 Å².